The number of Topliss-reactive ketones (excluding diaryl/α,β-unsaturated/α-hetero) is 1. The Morgan fingerprint density at radius 2 is 2.09 bits per heavy atom. The monoisotopic (exact) mass is 487 g/mol. The van der Waals surface area contributed by atoms with E-state index in [1.807, 2.05) is 11.0 Å². The predicted octanol–water partition coefficient (Wildman–Crippen LogP) is 3.26. The van der Waals surface area contributed by atoms with Gasteiger partial charge in [0.2, 0.25) is 0 Å². The number of rotatable bonds is 10. The van der Waals surface area contributed by atoms with Crippen molar-refractivity contribution in [2.45, 2.75) is 56.9 Å². The number of hydrogen-bond acceptors (Lipinski definition) is 8. The van der Waals surface area contributed by atoms with Gasteiger partial charge < -0.3 is 4.74 Å². The summed E-state index contributed by atoms with van der Waals surface area (Å²) in [5.41, 5.74) is 1.40. The molecule has 1 saturated carbocycles. The zero-order valence-corrected chi connectivity index (χ0v) is 20.2. The lowest BCUT2D eigenvalue weighted by atomic mass is 9.93. The number of aryl methyl sites for hydroxylation is 1. The van der Waals surface area contributed by atoms with Crippen molar-refractivity contribution in [1.82, 2.24) is 25.1 Å². The number of ether oxygens (including phenoxy) is 1. The first-order valence-electron chi connectivity index (χ1n) is 11.8. The molecule has 0 bridgehead atoms. The van der Waals surface area contributed by atoms with Crippen molar-refractivity contribution in [1.29, 1.82) is 0 Å². The van der Waals surface area contributed by atoms with Crippen molar-refractivity contribution >= 4 is 30.5 Å². The standard InChI is InChI=1S/C24H30FN5O3S/c1-2-33-22(31)8-5-12-30-27-21(26-28-30)14-17-15-29(13-11-20(17)34)23(24(32)16-9-10-16)18-6-3-4-7-19(18)25/h3-4,6-7,14,16,20,23,34H,2,5,8-13,15H2,1H3/b17-14+. The number of piperidine rings is 1. The zero-order valence-electron chi connectivity index (χ0n) is 19.3. The van der Waals surface area contributed by atoms with Gasteiger partial charge in [-0.3, -0.25) is 14.5 Å². The van der Waals surface area contributed by atoms with Gasteiger partial charge in [0, 0.05) is 36.2 Å². The van der Waals surface area contributed by atoms with Gasteiger partial charge in [-0.05, 0) is 55.5 Å². The number of hydrogen-bond donors (Lipinski definition) is 1. The van der Waals surface area contributed by atoms with E-state index < -0.39 is 6.04 Å². The normalized spacial score (nSPS) is 20.9. The minimum absolute atomic E-state index is 0.00990. The highest BCUT2D eigenvalue weighted by molar-refractivity contribution is 7.81. The average Bonchev–Trinajstić information content (AvgIpc) is 3.58. The maximum atomic E-state index is 14.7. The van der Waals surface area contributed by atoms with E-state index in [0.29, 0.717) is 50.5 Å². The summed E-state index contributed by atoms with van der Waals surface area (Å²) in [6.45, 7) is 3.72. The van der Waals surface area contributed by atoms with Crippen molar-refractivity contribution in [3.05, 3.63) is 47.0 Å². The Bertz CT molecular complexity index is 1050. The Kier molecular flexibility index (Phi) is 8.10. The van der Waals surface area contributed by atoms with Gasteiger partial charge in [-0.1, -0.05) is 18.2 Å². The molecule has 34 heavy (non-hydrogen) atoms. The molecule has 2 aromatic rings. The van der Waals surface area contributed by atoms with Crippen LogP contribution in [-0.4, -0.2) is 61.8 Å². The Morgan fingerprint density at radius 1 is 1.29 bits per heavy atom. The van der Waals surface area contributed by atoms with Gasteiger partial charge in [0.15, 0.2) is 11.6 Å². The molecule has 0 spiro atoms. The van der Waals surface area contributed by atoms with Crippen LogP contribution in [-0.2, 0) is 20.9 Å². The first-order chi connectivity index (χ1) is 16.5. The van der Waals surface area contributed by atoms with Gasteiger partial charge in [0.05, 0.1) is 19.2 Å². The fourth-order valence-electron chi connectivity index (χ4n) is 4.24. The molecule has 1 aliphatic carbocycles. The topological polar surface area (TPSA) is 90.2 Å². The molecule has 8 nitrogen and oxygen atoms in total. The molecule has 0 N–H and O–H groups in total. The van der Waals surface area contributed by atoms with E-state index in [0.717, 1.165) is 24.8 Å². The average molecular weight is 488 g/mol. The molecule has 2 heterocycles. The van der Waals surface area contributed by atoms with Crippen molar-refractivity contribution in [3.63, 3.8) is 0 Å². The van der Waals surface area contributed by atoms with Crippen LogP contribution in [0.15, 0.2) is 29.8 Å². The van der Waals surface area contributed by atoms with Gasteiger partial charge in [0.25, 0.3) is 0 Å². The molecule has 0 radical (unpaired) electrons. The maximum absolute atomic E-state index is 14.7. The molecule has 1 aromatic carbocycles. The lowest BCUT2D eigenvalue weighted by molar-refractivity contribution is -0.143. The quantitative estimate of drug-likeness (QED) is 0.406. The van der Waals surface area contributed by atoms with E-state index >= 15 is 0 Å². The Balaban J connectivity index is 1.47. The second kappa shape index (κ2) is 11.2. The molecule has 2 aliphatic rings. The van der Waals surface area contributed by atoms with Gasteiger partial charge in [-0.15, -0.1) is 10.2 Å². The number of esters is 1. The lowest BCUT2D eigenvalue weighted by Crippen LogP contribution is -2.42. The summed E-state index contributed by atoms with van der Waals surface area (Å²) < 4.78 is 19.6. The molecular formula is C24H30FN5O3S. The van der Waals surface area contributed by atoms with E-state index in [1.165, 1.54) is 10.9 Å². The molecule has 2 atom stereocenters. The summed E-state index contributed by atoms with van der Waals surface area (Å²) in [5.74, 6) is -0.0413. The Morgan fingerprint density at radius 3 is 2.82 bits per heavy atom. The maximum Gasteiger partial charge on any atom is 0.305 e. The highest BCUT2D eigenvalue weighted by atomic mass is 32.1. The first kappa shape index (κ1) is 24.5. The van der Waals surface area contributed by atoms with Gasteiger partial charge in [-0.2, -0.15) is 17.4 Å². The minimum Gasteiger partial charge on any atom is -0.466 e. The second-order valence-corrected chi connectivity index (χ2v) is 9.37. The van der Waals surface area contributed by atoms with Crippen LogP contribution < -0.4 is 0 Å². The number of aromatic nitrogens is 4. The van der Waals surface area contributed by atoms with E-state index in [1.54, 1.807) is 25.1 Å². The SMILES string of the molecule is CCOC(=O)CCCn1nnc(/C=C2\CN(C(C(=O)C3CC3)c3ccccc3F)CCC2S)n1. The van der Waals surface area contributed by atoms with E-state index in [2.05, 4.69) is 15.4 Å². The number of carbonyl (C=O) groups excluding carboxylic acids is 2. The van der Waals surface area contributed by atoms with Crippen LogP contribution in [0.5, 0.6) is 0 Å². The number of likely N-dealkylation sites (tertiary alicyclic amines) is 1. The number of tetrazole rings is 1. The minimum atomic E-state index is -0.607. The number of benzene rings is 1. The zero-order chi connectivity index (χ0) is 24.1. The molecule has 1 aromatic heterocycles. The summed E-state index contributed by atoms with van der Waals surface area (Å²) in [6, 6.07) is 5.93. The molecule has 2 unspecified atom stereocenters. The molecule has 2 fully saturated rings. The highest BCUT2D eigenvalue weighted by Crippen LogP contribution is 2.39. The summed E-state index contributed by atoms with van der Waals surface area (Å²) in [7, 11) is 0. The van der Waals surface area contributed by atoms with Crippen LogP contribution in [0.25, 0.3) is 6.08 Å². The van der Waals surface area contributed by atoms with Crippen molar-refractivity contribution in [3.8, 4) is 0 Å². The smallest absolute Gasteiger partial charge is 0.305 e. The molecule has 1 saturated heterocycles. The van der Waals surface area contributed by atoms with E-state index in [9.17, 15) is 14.0 Å². The van der Waals surface area contributed by atoms with Crippen molar-refractivity contribution in [2.75, 3.05) is 19.7 Å². The van der Waals surface area contributed by atoms with E-state index in [4.69, 9.17) is 17.4 Å². The Labute approximate surface area is 203 Å². The number of nitrogens with zero attached hydrogens (tertiary/aromatic N) is 5. The van der Waals surface area contributed by atoms with Crippen molar-refractivity contribution < 1.29 is 18.7 Å². The van der Waals surface area contributed by atoms with Crippen LogP contribution in [0.4, 0.5) is 4.39 Å². The fraction of sp³-hybridized carbons (Fsp3) is 0.542. The molecule has 4 rings (SSSR count). The van der Waals surface area contributed by atoms with Crippen molar-refractivity contribution in [2.24, 2.45) is 5.92 Å². The summed E-state index contributed by atoms with van der Waals surface area (Å²) in [6.07, 6.45) is 5.18. The third-order valence-corrected chi connectivity index (χ3v) is 6.73. The van der Waals surface area contributed by atoms with Crippen LogP contribution in [0, 0.1) is 11.7 Å². The largest absolute Gasteiger partial charge is 0.466 e. The lowest BCUT2D eigenvalue weighted by Gasteiger charge is -2.37. The van der Waals surface area contributed by atoms with Gasteiger partial charge >= 0.3 is 5.97 Å². The first-order valence-corrected chi connectivity index (χ1v) is 12.3. The molecule has 10 heteroatoms. The van der Waals surface area contributed by atoms with E-state index in [-0.39, 0.29) is 28.7 Å². The number of ketones is 1. The van der Waals surface area contributed by atoms with Crippen LogP contribution in [0.2, 0.25) is 0 Å². The van der Waals surface area contributed by atoms with Gasteiger partial charge in [0.1, 0.15) is 5.82 Å². The van der Waals surface area contributed by atoms with Crippen LogP contribution in [0.1, 0.15) is 56.5 Å². The molecule has 0 amide bonds. The van der Waals surface area contributed by atoms with Crippen LogP contribution in [0.3, 0.4) is 0 Å². The number of carbonyl (C=O) groups is 2. The highest BCUT2D eigenvalue weighted by Gasteiger charge is 2.40. The van der Waals surface area contributed by atoms with Gasteiger partial charge in [-0.25, -0.2) is 4.39 Å². The summed E-state index contributed by atoms with van der Waals surface area (Å²) in [5, 5.41) is 12.5. The Hall–Kier alpha value is -2.59. The third-order valence-electron chi connectivity index (χ3n) is 6.14. The second-order valence-electron chi connectivity index (χ2n) is 8.75. The fourth-order valence-corrected chi connectivity index (χ4v) is 4.52. The predicted molar refractivity (Wildman–Crippen MR) is 127 cm³/mol. The summed E-state index contributed by atoms with van der Waals surface area (Å²) >= 11 is 4.73. The molecular weight excluding hydrogens is 457 g/mol. The van der Waals surface area contributed by atoms with Crippen LogP contribution >= 0.6 is 12.6 Å². The summed E-state index contributed by atoms with van der Waals surface area (Å²) in [4.78, 5) is 28.2. The number of thiol groups is 1. The molecule has 182 valence electrons. The number of halogens is 1. The third kappa shape index (κ3) is 6.09. The molecule has 1 aliphatic heterocycles.